The van der Waals surface area contributed by atoms with Gasteiger partial charge in [-0.2, -0.15) is 0 Å². The molecule has 2 aromatic rings. The van der Waals surface area contributed by atoms with Crippen molar-refractivity contribution in [2.75, 3.05) is 18.8 Å². The van der Waals surface area contributed by atoms with E-state index < -0.39 is 10.0 Å². The van der Waals surface area contributed by atoms with Gasteiger partial charge in [-0.1, -0.05) is 13.0 Å². The summed E-state index contributed by atoms with van der Waals surface area (Å²) in [5.41, 5.74) is 0. The van der Waals surface area contributed by atoms with E-state index in [1.807, 2.05) is 24.4 Å². The number of aromatic nitrogens is 2. The first-order valence-electron chi connectivity index (χ1n) is 7.45. The Hall–Kier alpha value is -1.25. The van der Waals surface area contributed by atoms with Crippen LogP contribution in [0.5, 0.6) is 0 Å². The summed E-state index contributed by atoms with van der Waals surface area (Å²) >= 11 is 1.54. The summed E-state index contributed by atoms with van der Waals surface area (Å²) < 4.78 is 31.8. The highest BCUT2D eigenvalue weighted by molar-refractivity contribution is 7.89. The molecular formula is C14H19N3O3S2. The largest absolute Gasteiger partial charge is 0.420 e. The highest BCUT2D eigenvalue weighted by atomic mass is 32.2. The Bertz CT molecular complexity index is 710. The number of thiophene rings is 1. The van der Waals surface area contributed by atoms with Crippen molar-refractivity contribution >= 4 is 21.4 Å². The van der Waals surface area contributed by atoms with Gasteiger partial charge in [0.15, 0.2) is 0 Å². The third-order valence-corrected chi connectivity index (χ3v) is 6.66. The third-order valence-electron chi connectivity index (χ3n) is 3.76. The number of hydrogen-bond acceptors (Lipinski definition) is 6. The van der Waals surface area contributed by atoms with Crippen molar-refractivity contribution in [1.82, 2.24) is 14.5 Å². The van der Waals surface area contributed by atoms with Gasteiger partial charge in [0.1, 0.15) is 0 Å². The molecular weight excluding hydrogens is 322 g/mol. The van der Waals surface area contributed by atoms with Crippen LogP contribution in [0.4, 0.5) is 0 Å². The minimum Gasteiger partial charge on any atom is -0.420 e. The van der Waals surface area contributed by atoms with Crippen LogP contribution < -0.4 is 0 Å². The molecule has 1 fully saturated rings. The van der Waals surface area contributed by atoms with Gasteiger partial charge in [-0.05, 0) is 30.7 Å². The molecule has 1 aliphatic rings. The Balaban J connectivity index is 1.75. The van der Waals surface area contributed by atoms with Gasteiger partial charge in [-0.25, -0.2) is 12.7 Å². The average Bonchev–Trinajstić information content (AvgIpc) is 3.18. The molecule has 0 aliphatic carbocycles. The molecule has 3 heterocycles. The molecule has 1 atom stereocenters. The molecule has 1 aliphatic heterocycles. The SMILES string of the molecule is CCCS(=O)(=O)N1CCC[C@@H](c2nnc(-c3cccs3)o2)C1. The third kappa shape index (κ3) is 3.23. The van der Waals surface area contributed by atoms with Gasteiger partial charge in [0.05, 0.1) is 16.5 Å². The van der Waals surface area contributed by atoms with Crippen molar-refractivity contribution in [2.45, 2.75) is 32.1 Å². The summed E-state index contributed by atoms with van der Waals surface area (Å²) in [5.74, 6) is 1.24. The zero-order chi connectivity index (χ0) is 15.6. The number of hydrogen-bond donors (Lipinski definition) is 0. The maximum Gasteiger partial charge on any atom is 0.257 e. The predicted molar refractivity (Wildman–Crippen MR) is 85.2 cm³/mol. The molecule has 0 aromatic carbocycles. The minimum atomic E-state index is -3.17. The summed E-state index contributed by atoms with van der Waals surface area (Å²) in [6, 6.07) is 3.87. The van der Waals surface area contributed by atoms with Crippen molar-refractivity contribution in [3.8, 4) is 10.8 Å². The standard InChI is InChI=1S/C14H19N3O3S2/c1-2-9-22(18,19)17-7-3-5-11(10-17)13-15-16-14(20-13)12-6-4-8-21-12/h4,6,8,11H,2-3,5,7,9-10H2,1H3/t11-/m1/s1. The monoisotopic (exact) mass is 341 g/mol. The number of piperidine rings is 1. The Kier molecular flexibility index (Phi) is 4.60. The van der Waals surface area contributed by atoms with Gasteiger partial charge in [0.2, 0.25) is 15.9 Å². The number of sulfonamides is 1. The highest BCUT2D eigenvalue weighted by Crippen LogP contribution is 2.30. The maximum absolute atomic E-state index is 12.2. The topological polar surface area (TPSA) is 76.3 Å². The van der Waals surface area contributed by atoms with Crippen molar-refractivity contribution in [3.05, 3.63) is 23.4 Å². The maximum atomic E-state index is 12.2. The lowest BCUT2D eigenvalue weighted by Crippen LogP contribution is -2.40. The molecule has 6 nitrogen and oxygen atoms in total. The van der Waals surface area contributed by atoms with Crippen molar-refractivity contribution < 1.29 is 12.8 Å². The molecule has 0 unspecified atom stereocenters. The van der Waals surface area contributed by atoms with Gasteiger partial charge in [0, 0.05) is 13.1 Å². The van der Waals surface area contributed by atoms with E-state index in [0.717, 1.165) is 17.7 Å². The average molecular weight is 341 g/mol. The quantitative estimate of drug-likeness (QED) is 0.836. The number of rotatable bonds is 5. The van der Waals surface area contributed by atoms with Crippen LogP contribution in [-0.4, -0.2) is 41.8 Å². The Labute approximate surface area is 134 Å². The second-order valence-corrected chi connectivity index (χ2v) is 8.47. The number of nitrogens with zero attached hydrogens (tertiary/aromatic N) is 3. The lowest BCUT2D eigenvalue weighted by Gasteiger charge is -2.30. The molecule has 0 N–H and O–H groups in total. The summed E-state index contributed by atoms with van der Waals surface area (Å²) in [6.07, 6.45) is 2.33. The summed E-state index contributed by atoms with van der Waals surface area (Å²) in [7, 11) is -3.17. The van der Waals surface area contributed by atoms with Crippen LogP contribution in [0.15, 0.2) is 21.9 Å². The molecule has 0 saturated carbocycles. The van der Waals surface area contributed by atoms with Crippen LogP contribution in [0, 0.1) is 0 Å². The smallest absolute Gasteiger partial charge is 0.257 e. The molecule has 0 amide bonds. The second-order valence-electron chi connectivity index (χ2n) is 5.44. The molecule has 1 saturated heterocycles. The van der Waals surface area contributed by atoms with Crippen LogP contribution in [-0.2, 0) is 10.0 Å². The van der Waals surface area contributed by atoms with E-state index >= 15 is 0 Å². The van der Waals surface area contributed by atoms with Gasteiger partial charge >= 0.3 is 0 Å². The fraction of sp³-hybridized carbons (Fsp3) is 0.571. The fourth-order valence-electron chi connectivity index (χ4n) is 2.68. The first-order valence-corrected chi connectivity index (χ1v) is 9.94. The van der Waals surface area contributed by atoms with Crippen LogP contribution in [0.25, 0.3) is 10.8 Å². The lowest BCUT2D eigenvalue weighted by molar-refractivity contribution is 0.286. The summed E-state index contributed by atoms with van der Waals surface area (Å²) in [5, 5.41) is 10.2. The minimum absolute atomic E-state index is 0.0124. The zero-order valence-corrected chi connectivity index (χ0v) is 14.1. The van der Waals surface area contributed by atoms with Crippen LogP contribution in [0.3, 0.4) is 0 Å². The van der Waals surface area contributed by atoms with Crippen molar-refractivity contribution in [1.29, 1.82) is 0 Å². The first-order chi connectivity index (χ1) is 10.6. The van der Waals surface area contributed by atoms with E-state index in [2.05, 4.69) is 10.2 Å². The van der Waals surface area contributed by atoms with Crippen LogP contribution in [0.2, 0.25) is 0 Å². The van der Waals surface area contributed by atoms with Gasteiger partial charge in [0.25, 0.3) is 5.89 Å². The zero-order valence-electron chi connectivity index (χ0n) is 12.4. The van der Waals surface area contributed by atoms with Crippen molar-refractivity contribution in [2.24, 2.45) is 0 Å². The molecule has 2 aromatic heterocycles. The van der Waals surface area contributed by atoms with E-state index in [-0.39, 0.29) is 11.7 Å². The van der Waals surface area contributed by atoms with E-state index in [9.17, 15) is 8.42 Å². The molecule has 8 heteroatoms. The second kappa shape index (κ2) is 6.47. The molecule has 22 heavy (non-hydrogen) atoms. The predicted octanol–water partition coefficient (Wildman–Crippen LogP) is 2.72. The summed E-state index contributed by atoms with van der Waals surface area (Å²) in [4.78, 5) is 0.935. The molecule has 0 bridgehead atoms. The van der Waals surface area contributed by atoms with Crippen molar-refractivity contribution in [3.63, 3.8) is 0 Å². The van der Waals surface area contributed by atoms with Gasteiger partial charge < -0.3 is 4.42 Å². The molecule has 0 radical (unpaired) electrons. The van der Waals surface area contributed by atoms with Crippen LogP contribution in [0.1, 0.15) is 38.0 Å². The van der Waals surface area contributed by atoms with Gasteiger partial charge in [-0.15, -0.1) is 21.5 Å². The summed E-state index contributed by atoms with van der Waals surface area (Å²) in [6.45, 7) is 2.91. The lowest BCUT2D eigenvalue weighted by atomic mass is 10.00. The fourth-order valence-corrected chi connectivity index (χ4v) is 4.92. The Morgan fingerprint density at radius 3 is 3.05 bits per heavy atom. The highest BCUT2D eigenvalue weighted by Gasteiger charge is 2.31. The van der Waals surface area contributed by atoms with E-state index in [0.29, 0.717) is 31.3 Å². The first kappa shape index (κ1) is 15.6. The van der Waals surface area contributed by atoms with Crippen LogP contribution >= 0.6 is 11.3 Å². The Morgan fingerprint density at radius 2 is 2.32 bits per heavy atom. The molecule has 120 valence electrons. The molecule has 0 spiro atoms. The molecule has 3 rings (SSSR count). The Morgan fingerprint density at radius 1 is 1.45 bits per heavy atom. The normalized spacial score (nSPS) is 20.3. The van der Waals surface area contributed by atoms with E-state index in [1.54, 1.807) is 15.6 Å². The van der Waals surface area contributed by atoms with E-state index in [4.69, 9.17) is 4.42 Å². The van der Waals surface area contributed by atoms with E-state index in [1.165, 1.54) is 0 Å². The van der Waals surface area contributed by atoms with Gasteiger partial charge in [-0.3, -0.25) is 0 Å².